The van der Waals surface area contributed by atoms with Gasteiger partial charge >= 0.3 is 0 Å². The third kappa shape index (κ3) is 3.53. The van der Waals surface area contributed by atoms with Gasteiger partial charge in [0, 0.05) is 18.1 Å². The third-order valence-electron chi connectivity index (χ3n) is 4.61. The minimum Gasteiger partial charge on any atom is -0.493 e. The zero-order valence-corrected chi connectivity index (χ0v) is 15.7. The molecular weight excluding hydrogens is 312 g/mol. The summed E-state index contributed by atoms with van der Waals surface area (Å²) in [5.74, 6) is 1.90. The van der Waals surface area contributed by atoms with E-state index in [-0.39, 0.29) is 5.56 Å². The molecule has 0 fully saturated rings. The smallest absolute Gasteiger partial charge is 0.258 e. The minimum atomic E-state index is -0.0196. The van der Waals surface area contributed by atoms with Crippen molar-refractivity contribution in [3.8, 4) is 5.75 Å². The molecule has 0 spiro atoms. The van der Waals surface area contributed by atoms with Crippen LogP contribution in [0.1, 0.15) is 32.9 Å². The number of nitrogens with zero attached hydrogens (tertiary/aromatic N) is 2. The Labute approximate surface area is 148 Å². The molecule has 0 saturated heterocycles. The summed E-state index contributed by atoms with van der Waals surface area (Å²) in [6, 6.07) is 7.84. The van der Waals surface area contributed by atoms with Gasteiger partial charge in [-0.1, -0.05) is 20.8 Å². The van der Waals surface area contributed by atoms with Gasteiger partial charge in [-0.15, -0.1) is 0 Å². The molecule has 1 aromatic carbocycles. The van der Waals surface area contributed by atoms with Crippen molar-refractivity contribution in [3.63, 3.8) is 0 Å². The maximum Gasteiger partial charge on any atom is 0.258 e. The molecule has 0 aliphatic rings. The number of rotatable bonds is 5. The molecule has 2 aromatic heterocycles. The van der Waals surface area contributed by atoms with Crippen LogP contribution in [0.4, 0.5) is 0 Å². The van der Waals surface area contributed by atoms with Crippen molar-refractivity contribution in [2.45, 2.75) is 34.1 Å². The van der Waals surface area contributed by atoms with Gasteiger partial charge in [0.25, 0.3) is 5.56 Å². The highest BCUT2D eigenvalue weighted by Gasteiger charge is 2.11. The highest BCUT2D eigenvalue weighted by Crippen LogP contribution is 2.26. The van der Waals surface area contributed by atoms with Crippen LogP contribution in [0.2, 0.25) is 0 Å². The van der Waals surface area contributed by atoms with Crippen molar-refractivity contribution < 1.29 is 4.74 Å². The fourth-order valence-electron chi connectivity index (χ4n) is 3.46. The van der Waals surface area contributed by atoms with E-state index >= 15 is 0 Å². The molecule has 0 radical (unpaired) electrons. The van der Waals surface area contributed by atoms with E-state index in [0.717, 1.165) is 34.2 Å². The average molecular weight is 338 g/mol. The Morgan fingerprint density at radius 2 is 1.88 bits per heavy atom. The third-order valence-corrected chi connectivity index (χ3v) is 4.61. The Bertz CT molecular complexity index is 973. The molecule has 2 heterocycles. The van der Waals surface area contributed by atoms with Crippen molar-refractivity contribution in [3.05, 3.63) is 46.5 Å². The lowest BCUT2D eigenvalue weighted by molar-refractivity contribution is 0.239. The number of aryl methyl sites for hydroxylation is 2. The van der Waals surface area contributed by atoms with Crippen LogP contribution in [-0.2, 0) is 7.05 Å². The molecular formula is C21H26N2O2. The second kappa shape index (κ2) is 6.87. The Kier molecular flexibility index (Phi) is 4.80. The fourth-order valence-corrected chi connectivity index (χ4v) is 3.46. The van der Waals surface area contributed by atoms with Gasteiger partial charge in [0.15, 0.2) is 0 Å². The van der Waals surface area contributed by atoms with Gasteiger partial charge in [0.05, 0.1) is 23.7 Å². The van der Waals surface area contributed by atoms with Gasteiger partial charge in [0.1, 0.15) is 5.75 Å². The Hall–Kier alpha value is -2.36. The monoisotopic (exact) mass is 338 g/mol. The van der Waals surface area contributed by atoms with Crippen LogP contribution in [0, 0.1) is 18.8 Å². The molecule has 0 saturated carbocycles. The molecule has 0 amide bonds. The average Bonchev–Trinajstić information content (AvgIpc) is 2.57. The predicted molar refractivity (Wildman–Crippen MR) is 103 cm³/mol. The molecule has 1 unspecified atom stereocenters. The van der Waals surface area contributed by atoms with E-state index in [1.807, 2.05) is 31.2 Å². The summed E-state index contributed by atoms with van der Waals surface area (Å²) in [7, 11) is 1.79. The largest absolute Gasteiger partial charge is 0.493 e. The molecule has 4 nitrogen and oxygen atoms in total. The summed E-state index contributed by atoms with van der Waals surface area (Å²) < 4.78 is 7.61. The first-order chi connectivity index (χ1) is 11.9. The quantitative estimate of drug-likeness (QED) is 0.645. The first-order valence-corrected chi connectivity index (χ1v) is 8.88. The van der Waals surface area contributed by atoms with E-state index in [1.165, 1.54) is 0 Å². The van der Waals surface area contributed by atoms with Gasteiger partial charge < -0.3 is 9.30 Å². The van der Waals surface area contributed by atoms with Crippen LogP contribution in [0.25, 0.3) is 21.7 Å². The molecule has 0 N–H and O–H groups in total. The zero-order chi connectivity index (χ0) is 18.1. The van der Waals surface area contributed by atoms with Gasteiger partial charge in [-0.25, -0.2) is 0 Å². The summed E-state index contributed by atoms with van der Waals surface area (Å²) in [6.07, 6.45) is 2.90. The van der Waals surface area contributed by atoms with Crippen molar-refractivity contribution in [2.24, 2.45) is 18.9 Å². The lowest BCUT2D eigenvalue weighted by atomic mass is 10.00. The number of benzene rings is 1. The van der Waals surface area contributed by atoms with Crippen molar-refractivity contribution in [1.82, 2.24) is 9.55 Å². The number of hydrogen-bond acceptors (Lipinski definition) is 3. The Morgan fingerprint density at radius 3 is 2.60 bits per heavy atom. The standard InChI is InChI=1S/C21H26N2O2/c1-13(2)8-14(3)12-25-16-6-7-17-18-9-15(4)22-11-20(18)23(5)21(24)19(17)10-16/h6-7,9-11,13-14H,8,12H2,1-5H3. The van der Waals surface area contributed by atoms with Crippen molar-refractivity contribution in [1.29, 1.82) is 0 Å². The molecule has 4 heteroatoms. The number of ether oxygens (including phenoxy) is 1. The van der Waals surface area contributed by atoms with E-state index in [4.69, 9.17) is 4.74 Å². The number of hydrogen-bond donors (Lipinski definition) is 0. The molecule has 0 aliphatic heterocycles. The molecule has 132 valence electrons. The highest BCUT2D eigenvalue weighted by atomic mass is 16.5. The van der Waals surface area contributed by atoms with E-state index in [2.05, 4.69) is 25.8 Å². The first kappa shape index (κ1) is 17.5. The van der Waals surface area contributed by atoms with Gasteiger partial charge in [-0.2, -0.15) is 0 Å². The highest BCUT2D eigenvalue weighted by molar-refractivity contribution is 6.05. The van der Waals surface area contributed by atoms with Crippen molar-refractivity contribution >= 4 is 21.7 Å². The summed E-state index contributed by atoms with van der Waals surface area (Å²) in [5.41, 5.74) is 1.77. The van der Waals surface area contributed by atoms with Crippen LogP contribution in [0.15, 0.2) is 35.3 Å². The Morgan fingerprint density at radius 1 is 1.12 bits per heavy atom. The first-order valence-electron chi connectivity index (χ1n) is 8.88. The summed E-state index contributed by atoms with van der Waals surface area (Å²) >= 11 is 0. The van der Waals surface area contributed by atoms with Crippen LogP contribution in [-0.4, -0.2) is 16.2 Å². The van der Waals surface area contributed by atoms with Crippen LogP contribution in [0.3, 0.4) is 0 Å². The molecule has 0 bridgehead atoms. The number of pyridine rings is 2. The Balaban J connectivity index is 2.02. The van der Waals surface area contributed by atoms with E-state index < -0.39 is 0 Å². The predicted octanol–water partition coefficient (Wildman–Crippen LogP) is 4.46. The summed E-state index contributed by atoms with van der Waals surface area (Å²) in [5, 5.41) is 2.69. The maximum absolute atomic E-state index is 12.7. The lowest BCUT2D eigenvalue weighted by Crippen LogP contribution is -2.18. The van der Waals surface area contributed by atoms with Gasteiger partial charge in [-0.05, 0) is 54.8 Å². The van der Waals surface area contributed by atoms with Crippen LogP contribution < -0.4 is 10.3 Å². The summed E-state index contributed by atoms with van der Waals surface area (Å²) in [4.78, 5) is 17.1. The second-order valence-corrected chi connectivity index (χ2v) is 7.46. The van der Waals surface area contributed by atoms with Gasteiger partial charge in [-0.3, -0.25) is 9.78 Å². The van der Waals surface area contributed by atoms with E-state index in [9.17, 15) is 4.79 Å². The number of fused-ring (bicyclic) bond motifs is 3. The fraction of sp³-hybridized carbons (Fsp3) is 0.429. The van der Waals surface area contributed by atoms with E-state index in [1.54, 1.807) is 17.8 Å². The zero-order valence-electron chi connectivity index (χ0n) is 15.7. The molecule has 1 atom stereocenters. The maximum atomic E-state index is 12.7. The SMILES string of the molecule is Cc1cc2c3ccc(OCC(C)CC(C)C)cc3c(=O)n(C)c2cn1. The van der Waals surface area contributed by atoms with E-state index in [0.29, 0.717) is 23.8 Å². The minimum absolute atomic E-state index is 0.0196. The second-order valence-electron chi connectivity index (χ2n) is 7.46. The summed E-state index contributed by atoms with van der Waals surface area (Å²) in [6.45, 7) is 9.27. The van der Waals surface area contributed by atoms with Crippen molar-refractivity contribution in [2.75, 3.05) is 6.61 Å². The van der Waals surface area contributed by atoms with Crippen LogP contribution in [0.5, 0.6) is 5.75 Å². The molecule has 25 heavy (non-hydrogen) atoms. The number of aromatic nitrogens is 2. The topological polar surface area (TPSA) is 44.1 Å². The van der Waals surface area contributed by atoms with Crippen LogP contribution >= 0.6 is 0 Å². The molecule has 3 aromatic rings. The molecule has 3 rings (SSSR count). The van der Waals surface area contributed by atoms with Gasteiger partial charge in [0.2, 0.25) is 0 Å². The normalized spacial score (nSPS) is 12.9. The lowest BCUT2D eigenvalue weighted by Gasteiger charge is -2.16. The molecule has 0 aliphatic carbocycles.